The molecule has 2 amide bonds. The summed E-state index contributed by atoms with van der Waals surface area (Å²) in [5, 5.41) is 13.0. The van der Waals surface area contributed by atoms with Crippen molar-refractivity contribution in [1.29, 1.82) is 0 Å². The van der Waals surface area contributed by atoms with Crippen LogP contribution in [-0.4, -0.2) is 49.0 Å². The summed E-state index contributed by atoms with van der Waals surface area (Å²) < 4.78 is 80.4. The Bertz CT molecular complexity index is 1140. The van der Waals surface area contributed by atoms with Crippen LogP contribution in [0.25, 0.3) is 0 Å². The number of hydrogen-bond donors (Lipinski definition) is 3. The summed E-state index contributed by atoms with van der Waals surface area (Å²) in [6.45, 7) is -0.296. The predicted octanol–water partition coefficient (Wildman–Crippen LogP) is 2.53. The number of sulfonamides is 1. The van der Waals surface area contributed by atoms with Crippen LogP contribution in [0.2, 0.25) is 0 Å². The Hall–Kier alpha value is -3.19. The molecule has 2 aromatic rings. The van der Waals surface area contributed by atoms with E-state index >= 15 is 0 Å². The van der Waals surface area contributed by atoms with E-state index in [-0.39, 0.29) is 25.1 Å². The molecular formula is C18H15F4N3O5S. The highest BCUT2D eigenvalue weighted by molar-refractivity contribution is 7.89. The van der Waals surface area contributed by atoms with E-state index in [1.165, 1.54) is 0 Å². The third kappa shape index (κ3) is 4.77. The molecule has 13 heteroatoms. The molecule has 0 radical (unpaired) electrons. The second-order valence-electron chi connectivity index (χ2n) is 6.65. The van der Waals surface area contributed by atoms with Crippen LogP contribution in [0.5, 0.6) is 0 Å². The first kappa shape index (κ1) is 22.5. The average molecular weight is 461 g/mol. The number of hydrogen-bond acceptors (Lipinski definition) is 4. The summed E-state index contributed by atoms with van der Waals surface area (Å²) >= 11 is 0. The molecular weight excluding hydrogens is 446 g/mol. The van der Waals surface area contributed by atoms with Crippen LogP contribution in [0.15, 0.2) is 35.2 Å². The van der Waals surface area contributed by atoms with Crippen molar-refractivity contribution < 1.29 is 40.7 Å². The Balaban J connectivity index is 1.84. The number of carbonyl (C=O) groups excluding carboxylic acids is 1. The van der Waals surface area contributed by atoms with Crippen LogP contribution in [-0.2, 0) is 10.0 Å². The van der Waals surface area contributed by atoms with Gasteiger partial charge in [0.05, 0.1) is 0 Å². The third-order valence-corrected chi connectivity index (χ3v) is 6.41. The monoisotopic (exact) mass is 461 g/mol. The molecule has 8 nitrogen and oxygen atoms in total. The van der Waals surface area contributed by atoms with Crippen LogP contribution in [0.4, 0.5) is 28.0 Å². The zero-order chi connectivity index (χ0) is 22.9. The molecule has 0 saturated carbocycles. The smallest absolute Gasteiger partial charge is 0.404 e. The van der Waals surface area contributed by atoms with Crippen LogP contribution in [0.1, 0.15) is 16.8 Å². The molecule has 0 spiro atoms. The number of benzene rings is 2. The van der Waals surface area contributed by atoms with Gasteiger partial charge in [0.25, 0.3) is 5.91 Å². The normalized spacial score (nSPS) is 16.8. The van der Waals surface area contributed by atoms with Gasteiger partial charge >= 0.3 is 6.09 Å². The summed E-state index contributed by atoms with van der Waals surface area (Å²) in [5.74, 6) is -6.99. The average Bonchev–Trinajstić information content (AvgIpc) is 3.14. The van der Waals surface area contributed by atoms with Gasteiger partial charge in [0.2, 0.25) is 10.0 Å². The molecule has 166 valence electrons. The Labute approximate surface area is 173 Å². The van der Waals surface area contributed by atoms with Crippen molar-refractivity contribution in [2.75, 3.05) is 18.4 Å². The quantitative estimate of drug-likeness (QED) is 0.468. The lowest BCUT2D eigenvalue weighted by molar-refractivity contribution is 0.102. The van der Waals surface area contributed by atoms with Crippen molar-refractivity contribution in [3.63, 3.8) is 0 Å². The van der Waals surface area contributed by atoms with Gasteiger partial charge in [-0.05, 0) is 24.6 Å². The minimum Gasteiger partial charge on any atom is -0.465 e. The van der Waals surface area contributed by atoms with Crippen molar-refractivity contribution in [3.05, 3.63) is 59.2 Å². The zero-order valence-corrected chi connectivity index (χ0v) is 16.3. The summed E-state index contributed by atoms with van der Waals surface area (Å²) in [6.07, 6.45) is -1.16. The first-order valence-corrected chi connectivity index (χ1v) is 10.2. The first-order chi connectivity index (χ1) is 14.5. The molecule has 1 fully saturated rings. The fourth-order valence-electron chi connectivity index (χ4n) is 3.05. The van der Waals surface area contributed by atoms with Crippen LogP contribution >= 0.6 is 0 Å². The number of rotatable bonds is 5. The van der Waals surface area contributed by atoms with Crippen molar-refractivity contribution in [1.82, 2.24) is 9.62 Å². The van der Waals surface area contributed by atoms with Crippen molar-refractivity contribution in [2.24, 2.45) is 0 Å². The van der Waals surface area contributed by atoms with Gasteiger partial charge in [-0.15, -0.1) is 0 Å². The minimum absolute atomic E-state index is 0.0721. The van der Waals surface area contributed by atoms with Crippen LogP contribution in [0.3, 0.4) is 0 Å². The lowest BCUT2D eigenvalue weighted by Crippen LogP contribution is -2.37. The Morgan fingerprint density at radius 2 is 1.68 bits per heavy atom. The lowest BCUT2D eigenvalue weighted by Gasteiger charge is -2.17. The fraction of sp³-hybridized carbons (Fsp3) is 0.222. The van der Waals surface area contributed by atoms with Gasteiger partial charge in [-0.2, -0.15) is 4.31 Å². The highest BCUT2D eigenvalue weighted by Crippen LogP contribution is 2.25. The highest BCUT2D eigenvalue weighted by atomic mass is 32.2. The van der Waals surface area contributed by atoms with E-state index in [4.69, 9.17) is 5.11 Å². The zero-order valence-electron chi connectivity index (χ0n) is 15.5. The number of carboxylic acid groups (broad SMARTS) is 1. The maximum absolute atomic E-state index is 14.3. The van der Waals surface area contributed by atoms with E-state index in [1.807, 2.05) is 0 Å². The second kappa shape index (κ2) is 8.51. The maximum atomic E-state index is 14.3. The molecule has 1 aliphatic rings. The van der Waals surface area contributed by atoms with Gasteiger partial charge in [0.1, 0.15) is 10.7 Å². The SMILES string of the molecule is O=C(O)N[C@H]1CCN(S(=O)(=O)c2cc(C(=O)Nc3cc(F)c(F)c(F)c3)ccc2F)C1. The lowest BCUT2D eigenvalue weighted by atomic mass is 10.2. The number of amides is 2. The van der Waals surface area contributed by atoms with Crippen molar-refractivity contribution >= 4 is 27.7 Å². The highest BCUT2D eigenvalue weighted by Gasteiger charge is 2.35. The fourth-order valence-corrected chi connectivity index (χ4v) is 4.64. The first-order valence-electron chi connectivity index (χ1n) is 8.74. The second-order valence-corrected chi connectivity index (χ2v) is 8.56. The topological polar surface area (TPSA) is 116 Å². The van der Waals surface area contributed by atoms with E-state index in [2.05, 4.69) is 10.6 Å². The molecule has 1 heterocycles. The van der Waals surface area contributed by atoms with E-state index in [9.17, 15) is 35.6 Å². The summed E-state index contributed by atoms with van der Waals surface area (Å²) in [5.41, 5.74) is -0.776. The number of halogens is 4. The summed E-state index contributed by atoms with van der Waals surface area (Å²) in [4.78, 5) is 22.2. The van der Waals surface area contributed by atoms with Crippen molar-refractivity contribution in [2.45, 2.75) is 17.4 Å². The minimum atomic E-state index is -4.41. The molecule has 1 aliphatic heterocycles. The molecule has 0 aromatic heterocycles. The van der Waals surface area contributed by atoms with E-state index in [0.717, 1.165) is 22.5 Å². The van der Waals surface area contributed by atoms with Gasteiger partial charge < -0.3 is 15.7 Å². The maximum Gasteiger partial charge on any atom is 0.404 e. The Kier molecular flexibility index (Phi) is 6.18. The third-order valence-electron chi connectivity index (χ3n) is 4.53. The largest absolute Gasteiger partial charge is 0.465 e. The number of nitrogens with zero attached hydrogens (tertiary/aromatic N) is 1. The number of anilines is 1. The van der Waals surface area contributed by atoms with Gasteiger partial charge in [-0.25, -0.2) is 30.8 Å². The summed E-state index contributed by atoms with van der Waals surface area (Å²) in [6, 6.07) is 2.81. The Morgan fingerprint density at radius 3 is 2.29 bits per heavy atom. The molecule has 0 unspecified atom stereocenters. The number of nitrogens with one attached hydrogen (secondary N) is 2. The molecule has 0 aliphatic carbocycles. The summed E-state index contributed by atoms with van der Waals surface area (Å²) in [7, 11) is -4.41. The van der Waals surface area contributed by atoms with Crippen molar-refractivity contribution in [3.8, 4) is 0 Å². The van der Waals surface area contributed by atoms with Crippen LogP contribution < -0.4 is 10.6 Å². The molecule has 3 rings (SSSR count). The Morgan fingerprint density at radius 1 is 1.03 bits per heavy atom. The molecule has 1 saturated heterocycles. The van der Waals surface area contributed by atoms with Crippen LogP contribution in [0, 0.1) is 23.3 Å². The van der Waals surface area contributed by atoms with Gasteiger partial charge in [-0.1, -0.05) is 0 Å². The van der Waals surface area contributed by atoms with Gasteiger partial charge in [-0.3, -0.25) is 4.79 Å². The number of carbonyl (C=O) groups is 2. The molecule has 31 heavy (non-hydrogen) atoms. The standard InChI is InChI=1S/C18H15F4N3O5S/c19-12-2-1-9(17(26)23-11-6-13(20)16(22)14(21)7-11)5-15(12)31(29,30)25-4-3-10(8-25)24-18(27)28/h1-2,5-7,10,24H,3-4,8H2,(H,23,26)(H,27,28)/t10-/m0/s1. The molecule has 3 N–H and O–H groups in total. The van der Waals surface area contributed by atoms with E-state index in [0.29, 0.717) is 12.1 Å². The predicted molar refractivity (Wildman–Crippen MR) is 99.0 cm³/mol. The molecule has 1 atom stereocenters. The van der Waals surface area contributed by atoms with E-state index in [1.54, 1.807) is 0 Å². The van der Waals surface area contributed by atoms with E-state index < -0.39 is 61.9 Å². The van der Waals surface area contributed by atoms with Gasteiger partial charge in [0.15, 0.2) is 17.5 Å². The van der Waals surface area contributed by atoms with Gasteiger partial charge in [0, 0.05) is 42.5 Å². The molecule has 0 bridgehead atoms. The molecule has 2 aromatic carbocycles.